The molecular weight excluding hydrogens is 244 g/mol. The molecule has 17 heavy (non-hydrogen) atoms. The van der Waals surface area contributed by atoms with E-state index in [9.17, 15) is 13.2 Å². The predicted molar refractivity (Wildman–Crippen MR) is 62.1 cm³/mol. The Kier molecular flexibility index (Phi) is 2.80. The van der Waals surface area contributed by atoms with Crippen molar-refractivity contribution in [3.63, 3.8) is 0 Å². The molecule has 0 amide bonds. The minimum absolute atomic E-state index is 0.0716. The third-order valence-electron chi connectivity index (χ3n) is 2.78. The van der Waals surface area contributed by atoms with E-state index in [1.54, 1.807) is 24.3 Å². The van der Waals surface area contributed by atoms with Crippen LogP contribution in [0.3, 0.4) is 0 Å². The van der Waals surface area contributed by atoms with Gasteiger partial charge in [-0.3, -0.25) is 9.10 Å². The van der Waals surface area contributed by atoms with Crippen molar-refractivity contribution >= 4 is 21.9 Å². The summed E-state index contributed by atoms with van der Waals surface area (Å²) >= 11 is 0. The van der Waals surface area contributed by atoms with Crippen LogP contribution in [-0.2, 0) is 15.0 Å². The van der Waals surface area contributed by atoms with Gasteiger partial charge in [-0.2, -0.15) is 8.42 Å². The number of nitrogens with one attached hydrogen (secondary N) is 1. The first kappa shape index (κ1) is 11.9. The van der Waals surface area contributed by atoms with Crippen LogP contribution < -0.4 is 9.03 Å². The molecule has 1 unspecified atom stereocenters. The zero-order chi connectivity index (χ0) is 12.6. The zero-order valence-electron chi connectivity index (χ0n) is 9.12. The van der Waals surface area contributed by atoms with Crippen LogP contribution >= 0.6 is 0 Å². The number of carbonyl (C=O) groups is 1. The number of anilines is 1. The summed E-state index contributed by atoms with van der Waals surface area (Å²) in [4.78, 5) is 11.1. The van der Waals surface area contributed by atoms with Crippen LogP contribution in [0.1, 0.15) is 11.5 Å². The maximum Gasteiger partial charge on any atom is 0.312 e. The van der Waals surface area contributed by atoms with Crippen molar-refractivity contribution in [2.75, 3.05) is 17.9 Å². The lowest BCUT2D eigenvalue weighted by Crippen LogP contribution is -2.38. The van der Waals surface area contributed by atoms with Gasteiger partial charge in [0.1, 0.15) is 5.92 Å². The molecule has 1 atom stereocenters. The summed E-state index contributed by atoms with van der Waals surface area (Å²) in [6, 6.07) is 6.62. The quantitative estimate of drug-likeness (QED) is 0.805. The molecule has 1 aromatic carbocycles. The lowest BCUT2D eigenvalue weighted by molar-refractivity contribution is -0.138. The molecule has 1 heterocycles. The van der Waals surface area contributed by atoms with Crippen molar-refractivity contribution < 1.29 is 18.3 Å². The van der Waals surface area contributed by atoms with E-state index in [4.69, 9.17) is 5.11 Å². The van der Waals surface area contributed by atoms with Crippen molar-refractivity contribution in [1.29, 1.82) is 0 Å². The van der Waals surface area contributed by atoms with Gasteiger partial charge in [-0.15, -0.1) is 0 Å². The maximum atomic E-state index is 11.8. The summed E-state index contributed by atoms with van der Waals surface area (Å²) in [5.74, 6) is -1.83. The summed E-state index contributed by atoms with van der Waals surface area (Å²) in [6.45, 7) is -0.0716. The van der Waals surface area contributed by atoms with Crippen molar-refractivity contribution in [2.45, 2.75) is 5.92 Å². The minimum Gasteiger partial charge on any atom is -0.481 e. The summed E-state index contributed by atoms with van der Waals surface area (Å²) in [7, 11) is -2.36. The molecule has 0 aliphatic carbocycles. The Labute approximate surface area is 99.0 Å². The fraction of sp³-hybridized carbons (Fsp3) is 0.300. The molecular formula is C10H12N2O4S. The minimum atomic E-state index is -3.66. The van der Waals surface area contributed by atoms with E-state index in [2.05, 4.69) is 4.72 Å². The van der Waals surface area contributed by atoms with E-state index in [-0.39, 0.29) is 6.54 Å². The molecule has 2 rings (SSSR count). The number of benzene rings is 1. The third kappa shape index (κ3) is 1.87. The monoisotopic (exact) mass is 256 g/mol. The summed E-state index contributed by atoms with van der Waals surface area (Å²) in [5, 5.41) is 9.07. The van der Waals surface area contributed by atoms with Crippen LogP contribution in [0.2, 0.25) is 0 Å². The van der Waals surface area contributed by atoms with Crippen LogP contribution in [0.5, 0.6) is 0 Å². The van der Waals surface area contributed by atoms with Gasteiger partial charge >= 0.3 is 16.2 Å². The first-order valence-corrected chi connectivity index (χ1v) is 6.44. The van der Waals surface area contributed by atoms with Gasteiger partial charge in [-0.25, -0.2) is 4.72 Å². The molecule has 0 spiro atoms. The molecule has 0 aromatic heterocycles. The fourth-order valence-electron chi connectivity index (χ4n) is 1.92. The molecule has 1 aliphatic rings. The van der Waals surface area contributed by atoms with E-state index < -0.39 is 22.1 Å². The standard InChI is InChI=1S/C10H12N2O4S/c1-11-17(15,16)12-6-8(10(13)14)7-4-2-3-5-9(7)12/h2-5,8,11H,6H2,1H3,(H,13,14). The lowest BCUT2D eigenvalue weighted by Gasteiger charge is -2.18. The SMILES string of the molecule is CNS(=O)(=O)N1CC(C(=O)O)c2ccccc21. The van der Waals surface area contributed by atoms with E-state index in [1.807, 2.05) is 0 Å². The van der Waals surface area contributed by atoms with Crippen LogP contribution in [-0.4, -0.2) is 33.1 Å². The summed E-state index contributed by atoms with van der Waals surface area (Å²) in [5.41, 5.74) is 0.952. The fourth-order valence-corrected chi connectivity index (χ4v) is 2.91. The van der Waals surface area contributed by atoms with Crippen molar-refractivity contribution in [3.8, 4) is 0 Å². The van der Waals surface area contributed by atoms with Crippen LogP contribution in [0.25, 0.3) is 0 Å². The average Bonchev–Trinajstić information content (AvgIpc) is 2.69. The molecule has 6 nitrogen and oxygen atoms in total. The van der Waals surface area contributed by atoms with Crippen molar-refractivity contribution in [1.82, 2.24) is 4.72 Å². The largest absolute Gasteiger partial charge is 0.481 e. The van der Waals surface area contributed by atoms with Gasteiger partial charge in [-0.1, -0.05) is 18.2 Å². The zero-order valence-corrected chi connectivity index (χ0v) is 9.94. The second-order valence-electron chi connectivity index (χ2n) is 3.69. The smallest absolute Gasteiger partial charge is 0.312 e. The molecule has 2 N–H and O–H groups in total. The van der Waals surface area contributed by atoms with Gasteiger partial charge in [0.2, 0.25) is 0 Å². The van der Waals surface area contributed by atoms with Crippen molar-refractivity contribution in [3.05, 3.63) is 29.8 Å². The number of nitrogens with zero attached hydrogens (tertiary/aromatic N) is 1. The van der Waals surface area contributed by atoms with Gasteiger partial charge < -0.3 is 5.11 Å². The van der Waals surface area contributed by atoms with Crippen molar-refractivity contribution in [2.24, 2.45) is 0 Å². The van der Waals surface area contributed by atoms with E-state index in [0.29, 0.717) is 11.3 Å². The third-order valence-corrected chi connectivity index (χ3v) is 4.22. The van der Waals surface area contributed by atoms with E-state index >= 15 is 0 Å². The topological polar surface area (TPSA) is 86.7 Å². The number of hydrogen-bond donors (Lipinski definition) is 2. The first-order valence-electron chi connectivity index (χ1n) is 5.00. The lowest BCUT2D eigenvalue weighted by atomic mass is 10.0. The van der Waals surface area contributed by atoms with Gasteiger partial charge in [0.15, 0.2) is 0 Å². The predicted octanol–water partition coefficient (Wildman–Crippen LogP) is 0.139. The normalized spacial score (nSPS) is 19.1. The Morgan fingerprint density at radius 1 is 1.47 bits per heavy atom. The Morgan fingerprint density at radius 3 is 2.71 bits per heavy atom. The number of hydrogen-bond acceptors (Lipinski definition) is 3. The second kappa shape index (κ2) is 4.01. The van der Waals surface area contributed by atoms with Gasteiger partial charge in [0.25, 0.3) is 0 Å². The number of carboxylic acid groups (broad SMARTS) is 1. The highest BCUT2D eigenvalue weighted by Crippen LogP contribution is 2.37. The molecule has 0 fully saturated rings. The molecule has 0 radical (unpaired) electrons. The summed E-state index contributed by atoms with van der Waals surface area (Å²) < 4.78 is 26.8. The van der Waals surface area contributed by atoms with E-state index in [0.717, 1.165) is 4.31 Å². The van der Waals surface area contributed by atoms with E-state index in [1.165, 1.54) is 7.05 Å². The molecule has 7 heteroatoms. The molecule has 0 saturated carbocycles. The average molecular weight is 256 g/mol. The van der Waals surface area contributed by atoms with Gasteiger partial charge in [0.05, 0.1) is 12.2 Å². The Morgan fingerprint density at radius 2 is 2.12 bits per heavy atom. The number of rotatable bonds is 3. The van der Waals surface area contributed by atoms with Gasteiger partial charge in [0, 0.05) is 7.05 Å². The van der Waals surface area contributed by atoms with Crippen LogP contribution in [0.4, 0.5) is 5.69 Å². The highest BCUT2D eigenvalue weighted by atomic mass is 32.2. The second-order valence-corrected chi connectivity index (χ2v) is 5.49. The number of aliphatic carboxylic acids is 1. The molecule has 0 saturated heterocycles. The van der Waals surface area contributed by atoms with Gasteiger partial charge in [-0.05, 0) is 11.6 Å². The highest BCUT2D eigenvalue weighted by molar-refractivity contribution is 7.90. The maximum absolute atomic E-state index is 11.8. The summed E-state index contributed by atoms with van der Waals surface area (Å²) in [6.07, 6.45) is 0. The molecule has 1 aromatic rings. The van der Waals surface area contributed by atoms with Crippen LogP contribution in [0.15, 0.2) is 24.3 Å². The highest BCUT2D eigenvalue weighted by Gasteiger charge is 2.38. The molecule has 1 aliphatic heterocycles. The molecule has 92 valence electrons. The molecule has 0 bridgehead atoms. The Hall–Kier alpha value is -1.60. The Balaban J connectivity index is 2.53. The van der Waals surface area contributed by atoms with Crippen LogP contribution in [0, 0.1) is 0 Å². The first-order chi connectivity index (χ1) is 7.97. The number of carboxylic acids is 1. The Bertz CT molecular complexity index is 555. The number of fused-ring (bicyclic) bond motifs is 1. The number of para-hydroxylation sites is 1.